The van der Waals surface area contributed by atoms with Gasteiger partial charge < -0.3 is 15.1 Å². The first-order chi connectivity index (χ1) is 14.0. The quantitative estimate of drug-likeness (QED) is 0.0856. The molecule has 152 valence electrons. The third-order valence-electron chi connectivity index (χ3n) is 3.72. The number of hydrogen-bond acceptors (Lipinski definition) is 11. The number of benzene rings is 2. The molecular weight excluding hydrogens is 416 g/mol. The first-order valence-corrected chi connectivity index (χ1v) is 9.98. The number of amides is 1. The van der Waals surface area contributed by atoms with Crippen LogP contribution in [0.4, 0.5) is 22.2 Å². The van der Waals surface area contributed by atoms with Crippen LogP contribution in [0, 0.1) is 6.92 Å². The first kappa shape index (κ1) is 20.9. The normalized spacial score (nSPS) is 11.3. The molecule has 29 heavy (non-hydrogen) atoms. The maximum atomic E-state index is 11.9. The molecule has 1 amide bonds. The summed E-state index contributed by atoms with van der Waals surface area (Å²) in [6.45, 7) is 3.49. The van der Waals surface area contributed by atoms with E-state index in [1.54, 1.807) is 38.1 Å². The molecule has 0 saturated carbocycles. The predicted molar refractivity (Wildman–Crippen MR) is 113 cm³/mol. The van der Waals surface area contributed by atoms with Crippen LogP contribution < -0.4 is 10.0 Å². The van der Waals surface area contributed by atoms with Crippen molar-refractivity contribution in [2.24, 2.45) is 10.2 Å². The fraction of sp³-hybridized carbons (Fsp3) is 0.235. The van der Waals surface area contributed by atoms with E-state index in [4.69, 9.17) is 4.33 Å². The fourth-order valence-electron chi connectivity index (χ4n) is 2.47. The predicted octanol–water partition coefficient (Wildman–Crippen LogP) is 5.02. The number of anilines is 2. The molecule has 2 aromatic carbocycles. The van der Waals surface area contributed by atoms with Crippen LogP contribution in [-0.4, -0.2) is 27.5 Å². The van der Waals surface area contributed by atoms with Crippen LogP contribution in [0.5, 0.6) is 5.75 Å². The molecule has 0 bridgehead atoms. The van der Waals surface area contributed by atoms with Gasteiger partial charge in [-0.1, -0.05) is 19.1 Å². The molecular formula is C17H18N6O4S2. The van der Waals surface area contributed by atoms with E-state index in [2.05, 4.69) is 34.5 Å². The molecule has 0 spiro atoms. The molecule has 3 aromatic rings. The standard InChI is InChI=1S/C17H18N6O4S2/c1-4-14(24)19-13-8-12(20-21-17-18-9(2)22-28-17)15-10(16(13)25)6-5-7-11(15)23-29-27-26-3/h5-8,23,25H,4H2,1-3H3,(H,19,24). The van der Waals surface area contributed by atoms with Crippen LogP contribution in [-0.2, 0) is 14.0 Å². The molecule has 3 rings (SSSR count). The first-order valence-electron chi connectivity index (χ1n) is 8.46. The summed E-state index contributed by atoms with van der Waals surface area (Å²) in [5.41, 5.74) is 1.26. The number of azo groups is 1. The second-order valence-electron chi connectivity index (χ2n) is 5.67. The van der Waals surface area contributed by atoms with Crippen LogP contribution >= 0.6 is 23.8 Å². The van der Waals surface area contributed by atoms with Gasteiger partial charge in [-0.3, -0.25) is 4.79 Å². The topological polar surface area (TPSA) is 130 Å². The average Bonchev–Trinajstić information content (AvgIpc) is 3.14. The van der Waals surface area contributed by atoms with E-state index >= 15 is 0 Å². The van der Waals surface area contributed by atoms with Crippen LogP contribution in [0.3, 0.4) is 0 Å². The van der Waals surface area contributed by atoms with Gasteiger partial charge in [0.1, 0.15) is 23.8 Å². The van der Waals surface area contributed by atoms with Crippen molar-refractivity contribution in [1.82, 2.24) is 9.36 Å². The van der Waals surface area contributed by atoms with E-state index in [9.17, 15) is 9.90 Å². The molecule has 0 aliphatic heterocycles. The minimum atomic E-state index is -0.236. The number of hydrogen-bond donors (Lipinski definition) is 3. The lowest BCUT2D eigenvalue weighted by atomic mass is 10.0. The highest BCUT2D eigenvalue weighted by molar-refractivity contribution is 7.95. The summed E-state index contributed by atoms with van der Waals surface area (Å²) in [6, 6.07) is 6.80. The third kappa shape index (κ3) is 4.98. The minimum absolute atomic E-state index is 0.0752. The van der Waals surface area contributed by atoms with Gasteiger partial charge in [-0.2, -0.15) is 4.37 Å². The number of aromatic hydroxyl groups is 1. The molecule has 3 N–H and O–H groups in total. The van der Waals surface area contributed by atoms with Gasteiger partial charge in [0.05, 0.1) is 24.2 Å². The Bertz CT molecular complexity index is 1060. The largest absolute Gasteiger partial charge is 0.505 e. The Kier molecular flexibility index (Phi) is 6.93. The van der Waals surface area contributed by atoms with Crippen LogP contribution in [0.25, 0.3) is 10.8 Å². The lowest BCUT2D eigenvalue weighted by molar-refractivity contribution is -0.159. The molecule has 12 heteroatoms. The zero-order chi connectivity index (χ0) is 20.8. The van der Waals surface area contributed by atoms with Crippen LogP contribution in [0.1, 0.15) is 19.2 Å². The lowest BCUT2D eigenvalue weighted by Crippen LogP contribution is -2.09. The summed E-state index contributed by atoms with van der Waals surface area (Å²) >= 11 is 1.98. The van der Waals surface area contributed by atoms with Gasteiger partial charge in [0, 0.05) is 28.7 Å². The molecule has 0 fully saturated rings. The van der Waals surface area contributed by atoms with Crippen LogP contribution in [0.2, 0.25) is 0 Å². The zero-order valence-electron chi connectivity index (χ0n) is 15.8. The number of nitrogens with one attached hydrogen (secondary N) is 2. The third-order valence-corrected chi connectivity index (χ3v) is 4.92. The molecule has 0 atom stereocenters. The van der Waals surface area contributed by atoms with Gasteiger partial charge >= 0.3 is 0 Å². The SMILES string of the molecule is CCC(=O)Nc1cc(N=Nc2nc(C)ns2)c2c(NSOOC)cccc2c1O. The maximum absolute atomic E-state index is 11.9. The highest BCUT2D eigenvalue weighted by Gasteiger charge is 2.16. The Hall–Kier alpha value is -2.80. The van der Waals surface area contributed by atoms with E-state index in [1.165, 1.54) is 7.11 Å². The molecule has 0 unspecified atom stereocenters. The van der Waals surface area contributed by atoms with Crippen molar-refractivity contribution in [3.05, 3.63) is 30.1 Å². The Balaban J connectivity index is 2.13. The van der Waals surface area contributed by atoms with E-state index < -0.39 is 0 Å². The van der Waals surface area contributed by atoms with Gasteiger partial charge in [0.15, 0.2) is 0 Å². The monoisotopic (exact) mass is 434 g/mol. The fourth-order valence-corrected chi connectivity index (χ4v) is 3.33. The summed E-state index contributed by atoms with van der Waals surface area (Å²) < 4.78 is 11.8. The van der Waals surface area contributed by atoms with Crippen molar-refractivity contribution in [1.29, 1.82) is 0 Å². The number of aryl methyl sites for hydroxylation is 1. The zero-order valence-corrected chi connectivity index (χ0v) is 17.4. The number of phenols is 1. The van der Waals surface area contributed by atoms with Crippen molar-refractivity contribution in [2.45, 2.75) is 20.3 Å². The second-order valence-corrected chi connectivity index (χ2v) is 6.90. The summed E-state index contributed by atoms with van der Waals surface area (Å²) in [5, 5.41) is 23.3. The second kappa shape index (κ2) is 9.60. The van der Waals surface area contributed by atoms with Crippen molar-refractivity contribution < 1.29 is 19.1 Å². The Morgan fingerprint density at radius 2 is 2.17 bits per heavy atom. The molecule has 0 aliphatic carbocycles. The summed E-state index contributed by atoms with van der Waals surface area (Å²) in [4.78, 5) is 20.6. The highest BCUT2D eigenvalue weighted by atomic mass is 32.2. The molecule has 0 aliphatic rings. The number of fused-ring (bicyclic) bond motifs is 1. The van der Waals surface area contributed by atoms with Crippen molar-refractivity contribution >= 4 is 62.6 Å². The van der Waals surface area contributed by atoms with E-state index in [-0.39, 0.29) is 23.8 Å². The number of phenolic OH excluding ortho intramolecular Hbond substituents is 1. The minimum Gasteiger partial charge on any atom is -0.505 e. The van der Waals surface area contributed by atoms with Gasteiger partial charge in [-0.25, -0.2) is 9.87 Å². The van der Waals surface area contributed by atoms with Crippen molar-refractivity contribution in [3.8, 4) is 5.75 Å². The molecule has 1 heterocycles. The number of carbonyl (C=O) groups excluding carboxylic acids is 1. The van der Waals surface area contributed by atoms with Crippen LogP contribution in [0.15, 0.2) is 34.5 Å². The number of rotatable bonds is 8. The molecule has 0 radical (unpaired) electrons. The van der Waals surface area contributed by atoms with E-state index in [0.29, 0.717) is 33.1 Å². The van der Waals surface area contributed by atoms with Gasteiger partial charge in [-0.05, 0) is 19.1 Å². The van der Waals surface area contributed by atoms with E-state index in [0.717, 1.165) is 23.8 Å². The van der Waals surface area contributed by atoms with Gasteiger partial charge in [0.25, 0.3) is 0 Å². The molecule has 0 saturated heterocycles. The summed E-state index contributed by atoms with van der Waals surface area (Å²) in [6.07, 6.45) is 0.269. The lowest BCUT2D eigenvalue weighted by Gasteiger charge is -2.14. The number of aromatic nitrogens is 2. The molecule has 1 aromatic heterocycles. The Morgan fingerprint density at radius 3 is 2.86 bits per heavy atom. The Morgan fingerprint density at radius 1 is 1.34 bits per heavy atom. The van der Waals surface area contributed by atoms with Crippen molar-refractivity contribution in [2.75, 3.05) is 17.1 Å². The Labute approximate surface area is 174 Å². The van der Waals surface area contributed by atoms with Gasteiger partial charge in [-0.15, -0.1) is 14.6 Å². The highest BCUT2D eigenvalue weighted by Crippen LogP contribution is 2.44. The van der Waals surface area contributed by atoms with Gasteiger partial charge in [0.2, 0.25) is 11.0 Å². The maximum Gasteiger partial charge on any atom is 0.249 e. The van der Waals surface area contributed by atoms with Crippen molar-refractivity contribution in [3.63, 3.8) is 0 Å². The summed E-state index contributed by atoms with van der Waals surface area (Å²) in [7, 11) is 1.38. The smallest absolute Gasteiger partial charge is 0.249 e. The number of carbonyl (C=O) groups is 1. The van der Waals surface area contributed by atoms with E-state index in [1.807, 2.05) is 0 Å². The average molecular weight is 435 g/mol. The molecule has 10 nitrogen and oxygen atoms in total. The summed E-state index contributed by atoms with van der Waals surface area (Å²) in [5.74, 6) is 0.292. The number of nitrogens with zero attached hydrogens (tertiary/aromatic N) is 4.